The lowest BCUT2D eigenvalue weighted by Crippen LogP contribution is -2.40. The van der Waals surface area contributed by atoms with E-state index in [4.69, 9.17) is 10.5 Å². The number of rotatable bonds is 6. The number of piperidine rings is 1. The van der Waals surface area contributed by atoms with Crippen molar-refractivity contribution in [1.82, 2.24) is 0 Å². The zero-order valence-electron chi connectivity index (χ0n) is 13.1. The highest BCUT2D eigenvalue weighted by molar-refractivity contribution is 5.51. The molecule has 0 amide bonds. The Morgan fingerprint density at radius 2 is 1.95 bits per heavy atom. The average Bonchev–Trinajstić information content (AvgIpc) is 2.49. The fourth-order valence-electron chi connectivity index (χ4n) is 2.71. The van der Waals surface area contributed by atoms with Crippen molar-refractivity contribution in [1.29, 1.82) is 0 Å². The molecule has 1 heterocycles. The second-order valence-electron chi connectivity index (χ2n) is 5.93. The summed E-state index contributed by atoms with van der Waals surface area (Å²) in [6.45, 7) is 6.62. The van der Waals surface area contributed by atoms with Crippen LogP contribution < -0.4 is 15.4 Å². The standard InChI is InChI=1S/C17H27FN2O/c1-3-13(4-2)12-21-15-5-6-17(16(18)11-15)20-9-7-14(19)8-10-20/h5-6,11,13-14H,3-4,7-10,12,19H2,1-2H3. The highest BCUT2D eigenvalue weighted by atomic mass is 19.1. The van der Waals surface area contributed by atoms with Crippen molar-refractivity contribution in [3.8, 4) is 5.75 Å². The predicted octanol–water partition coefficient (Wildman–Crippen LogP) is 3.57. The molecule has 0 radical (unpaired) electrons. The van der Waals surface area contributed by atoms with Crippen LogP contribution in [0.15, 0.2) is 18.2 Å². The third-order valence-electron chi connectivity index (χ3n) is 4.44. The first kappa shape index (κ1) is 16.1. The van der Waals surface area contributed by atoms with Gasteiger partial charge >= 0.3 is 0 Å². The number of nitrogens with two attached hydrogens (primary N) is 1. The van der Waals surface area contributed by atoms with Crippen LogP contribution >= 0.6 is 0 Å². The van der Waals surface area contributed by atoms with Crippen LogP contribution in [0, 0.1) is 11.7 Å². The smallest absolute Gasteiger partial charge is 0.150 e. The van der Waals surface area contributed by atoms with Gasteiger partial charge in [0.2, 0.25) is 0 Å². The van der Waals surface area contributed by atoms with Crippen molar-refractivity contribution >= 4 is 5.69 Å². The number of halogens is 1. The summed E-state index contributed by atoms with van der Waals surface area (Å²) in [5, 5.41) is 0. The van der Waals surface area contributed by atoms with Crippen molar-refractivity contribution in [2.75, 3.05) is 24.6 Å². The first-order chi connectivity index (χ1) is 10.1. The molecule has 2 rings (SSSR count). The number of hydrogen-bond donors (Lipinski definition) is 1. The molecule has 0 aliphatic carbocycles. The van der Waals surface area contributed by atoms with Gasteiger partial charge in [-0.05, 0) is 30.9 Å². The predicted molar refractivity (Wildman–Crippen MR) is 85.4 cm³/mol. The molecule has 3 nitrogen and oxygen atoms in total. The van der Waals surface area contributed by atoms with Crippen molar-refractivity contribution in [3.05, 3.63) is 24.0 Å². The summed E-state index contributed by atoms with van der Waals surface area (Å²) in [5.41, 5.74) is 6.55. The Labute approximate surface area is 127 Å². The van der Waals surface area contributed by atoms with E-state index in [9.17, 15) is 4.39 Å². The molecule has 1 saturated heterocycles. The molecule has 4 heteroatoms. The minimum absolute atomic E-state index is 0.201. The fourth-order valence-corrected chi connectivity index (χ4v) is 2.71. The van der Waals surface area contributed by atoms with E-state index in [0.717, 1.165) is 38.8 Å². The summed E-state index contributed by atoms with van der Waals surface area (Å²) in [4.78, 5) is 2.07. The van der Waals surface area contributed by atoms with Gasteiger partial charge in [0.25, 0.3) is 0 Å². The van der Waals surface area contributed by atoms with E-state index < -0.39 is 0 Å². The molecule has 0 bridgehead atoms. The quantitative estimate of drug-likeness (QED) is 0.871. The van der Waals surface area contributed by atoms with Crippen LogP contribution in [0.3, 0.4) is 0 Å². The zero-order chi connectivity index (χ0) is 15.2. The third kappa shape index (κ3) is 4.34. The average molecular weight is 294 g/mol. The number of anilines is 1. The van der Waals surface area contributed by atoms with Gasteiger partial charge in [-0.1, -0.05) is 26.7 Å². The summed E-state index contributed by atoms with van der Waals surface area (Å²) in [6, 6.07) is 5.46. The first-order valence-corrected chi connectivity index (χ1v) is 8.06. The molecule has 2 N–H and O–H groups in total. The van der Waals surface area contributed by atoms with E-state index in [0.29, 0.717) is 24.0 Å². The van der Waals surface area contributed by atoms with Crippen LogP contribution in [0.25, 0.3) is 0 Å². The molecule has 1 fully saturated rings. The first-order valence-electron chi connectivity index (χ1n) is 8.06. The van der Waals surface area contributed by atoms with Crippen molar-refractivity contribution < 1.29 is 9.13 Å². The Bertz CT molecular complexity index is 440. The Balaban J connectivity index is 1.97. The summed E-state index contributed by atoms with van der Waals surface area (Å²) in [5.74, 6) is 0.959. The van der Waals surface area contributed by atoms with Crippen LogP contribution in [0.2, 0.25) is 0 Å². The molecule has 1 aliphatic rings. The Morgan fingerprint density at radius 3 is 2.52 bits per heavy atom. The lowest BCUT2D eigenvalue weighted by Gasteiger charge is -2.32. The Morgan fingerprint density at radius 1 is 1.29 bits per heavy atom. The Kier molecular flexibility index (Phi) is 5.85. The van der Waals surface area contributed by atoms with E-state index in [1.165, 1.54) is 6.07 Å². The van der Waals surface area contributed by atoms with Crippen molar-refractivity contribution in [2.45, 2.75) is 45.6 Å². The highest BCUT2D eigenvalue weighted by Gasteiger charge is 2.19. The Hall–Kier alpha value is -1.29. The largest absolute Gasteiger partial charge is 0.493 e. The monoisotopic (exact) mass is 294 g/mol. The fraction of sp³-hybridized carbons (Fsp3) is 0.647. The summed E-state index contributed by atoms with van der Waals surface area (Å²) < 4.78 is 20.0. The minimum atomic E-state index is -0.201. The van der Waals surface area contributed by atoms with Gasteiger partial charge in [0.1, 0.15) is 11.6 Å². The van der Waals surface area contributed by atoms with Gasteiger partial charge in [-0.3, -0.25) is 0 Å². The number of ether oxygens (including phenoxy) is 1. The van der Waals surface area contributed by atoms with Gasteiger partial charge in [0.05, 0.1) is 12.3 Å². The molecule has 0 saturated carbocycles. The second kappa shape index (κ2) is 7.64. The summed E-state index contributed by atoms with van der Waals surface area (Å²) in [7, 11) is 0. The normalized spacial score (nSPS) is 16.5. The van der Waals surface area contributed by atoms with Gasteiger partial charge in [-0.25, -0.2) is 4.39 Å². The van der Waals surface area contributed by atoms with Crippen LogP contribution in [0.1, 0.15) is 39.5 Å². The van der Waals surface area contributed by atoms with Gasteiger partial charge < -0.3 is 15.4 Å². The molecular weight excluding hydrogens is 267 g/mol. The van der Waals surface area contributed by atoms with Crippen LogP contribution in [-0.2, 0) is 0 Å². The SMILES string of the molecule is CCC(CC)COc1ccc(N2CCC(N)CC2)c(F)c1. The van der Waals surface area contributed by atoms with E-state index in [1.807, 2.05) is 12.1 Å². The maximum atomic E-state index is 14.3. The van der Waals surface area contributed by atoms with E-state index in [-0.39, 0.29) is 11.9 Å². The maximum absolute atomic E-state index is 14.3. The molecule has 0 atom stereocenters. The molecule has 0 unspecified atom stereocenters. The molecule has 118 valence electrons. The van der Waals surface area contributed by atoms with E-state index >= 15 is 0 Å². The van der Waals surface area contributed by atoms with Crippen LogP contribution in [0.5, 0.6) is 5.75 Å². The highest BCUT2D eigenvalue weighted by Crippen LogP contribution is 2.27. The van der Waals surface area contributed by atoms with Gasteiger partial charge in [0, 0.05) is 25.2 Å². The summed E-state index contributed by atoms with van der Waals surface area (Å²) in [6.07, 6.45) is 4.02. The molecule has 0 spiro atoms. The van der Waals surface area contributed by atoms with Crippen LogP contribution in [-0.4, -0.2) is 25.7 Å². The zero-order valence-corrected chi connectivity index (χ0v) is 13.1. The molecule has 0 aromatic heterocycles. The molecule has 1 aromatic carbocycles. The lowest BCUT2D eigenvalue weighted by molar-refractivity contribution is 0.240. The van der Waals surface area contributed by atoms with Gasteiger partial charge in [0.15, 0.2) is 0 Å². The van der Waals surface area contributed by atoms with Crippen molar-refractivity contribution in [3.63, 3.8) is 0 Å². The third-order valence-corrected chi connectivity index (χ3v) is 4.44. The lowest BCUT2D eigenvalue weighted by atomic mass is 10.1. The van der Waals surface area contributed by atoms with Crippen molar-refractivity contribution in [2.24, 2.45) is 11.7 Å². The number of benzene rings is 1. The summed E-state index contributed by atoms with van der Waals surface area (Å²) >= 11 is 0. The molecule has 21 heavy (non-hydrogen) atoms. The van der Waals surface area contributed by atoms with Gasteiger partial charge in [-0.15, -0.1) is 0 Å². The number of nitrogens with zero attached hydrogens (tertiary/aromatic N) is 1. The topological polar surface area (TPSA) is 38.5 Å². The molecule has 1 aromatic rings. The maximum Gasteiger partial charge on any atom is 0.150 e. The molecule has 1 aliphatic heterocycles. The molecular formula is C17H27FN2O. The van der Waals surface area contributed by atoms with E-state index in [2.05, 4.69) is 18.7 Å². The number of hydrogen-bond acceptors (Lipinski definition) is 3. The minimum Gasteiger partial charge on any atom is -0.493 e. The van der Waals surface area contributed by atoms with Crippen LogP contribution in [0.4, 0.5) is 10.1 Å². The second-order valence-corrected chi connectivity index (χ2v) is 5.93. The van der Waals surface area contributed by atoms with Gasteiger partial charge in [-0.2, -0.15) is 0 Å². The van der Waals surface area contributed by atoms with E-state index in [1.54, 1.807) is 0 Å².